The summed E-state index contributed by atoms with van der Waals surface area (Å²) in [7, 11) is 3.11. The predicted molar refractivity (Wildman–Crippen MR) is 102 cm³/mol. The molecule has 0 spiro atoms. The van der Waals surface area contributed by atoms with Crippen molar-refractivity contribution >= 4 is 11.7 Å². The van der Waals surface area contributed by atoms with E-state index in [-0.39, 0.29) is 23.5 Å². The van der Waals surface area contributed by atoms with Crippen LogP contribution in [0.3, 0.4) is 0 Å². The number of methoxy groups -OCH3 is 1. The zero-order chi connectivity index (χ0) is 19.8. The van der Waals surface area contributed by atoms with E-state index in [2.05, 4.69) is 11.9 Å². The van der Waals surface area contributed by atoms with Crippen molar-refractivity contribution in [2.24, 2.45) is 11.8 Å². The van der Waals surface area contributed by atoms with Gasteiger partial charge in [-0.05, 0) is 43.4 Å². The Morgan fingerprint density at radius 1 is 1.41 bits per heavy atom. The monoisotopic (exact) mass is 373 g/mol. The highest BCUT2D eigenvalue weighted by atomic mass is 16.6. The van der Waals surface area contributed by atoms with Gasteiger partial charge in [0.2, 0.25) is 0 Å². The van der Waals surface area contributed by atoms with E-state index in [4.69, 9.17) is 14.6 Å². The van der Waals surface area contributed by atoms with E-state index in [1.54, 1.807) is 19.2 Å². The lowest BCUT2D eigenvalue weighted by atomic mass is 9.80. The van der Waals surface area contributed by atoms with Crippen LogP contribution < -0.4 is 10.1 Å². The lowest BCUT2D eigenvalue weighted by molar-refractivity contribution is -0.120. The number of hydrogen-bond acceptors (Lipinski definition) is 5. The van der Waals surface area contributed by atoms with E-state index in [0.29, 0.717) is 36.3 Å². The zero-order valence-electron chi connectivity index (χ0n) is 15.9. The molecule has 0 bridgehead atoms. The highest BCUT2D eigenvalue weighted by Crippen LogP contribution is 2.33. The Bertz CT molecular complexity index is 725. The second kappa shape index (κ2) is 9.92. The van der Waals surface area contributed by atoms with Crippen LogP contribution in [-0.2, 0) is 16.0 Å². The van der Waals surface area contributed by atoms with Crippen molar-refractivity contribution in [2.75, 3.05) is 21.0 Å². The number of allylic oxidation sites excluding steroid dienone is 3. The molecule has 2 unspecified atom stereocenters. The minimum absolute atomic E-state index is 0.0148. The third-order valence-corrected chi connectivity index (χ3v) is 4.86. The van der Waals surface area contributed by atoms with Crippen molar-refractivity contribution in [3.63, 3.8) is 0 Å². The molecular formula is C21H27NO5. The fourth-order valence-electron chi connectivity index (χ4n) is 3.42. The van der Waals surface area contributed by atoms with Crippen LogP contribution in [0, 0.1) is 11.8 Å². The average Bonchev–Trinajstić information content (AvgIpc) is 2.68. The molecule has 0 aromatic heterocycles. The molecule has 146 valence electrons. The second-order valence-electron chi connectivity index (χ2n) is 6.53. The Hall–Kier alpha value is -2.60. The highest BCUT2D eigenvalue weighted by Gasteiger charge is 2.30. The molecular weight excluding hydrogens is 346 g/mol. The van der Waals surface area contributed by atoms with Gasteiger partial charge in [0.1, 0.15) is 11.5 Å². The zero-order valence-corrected chi connectivity index (χ0v) is 15.9. The van der Waals surface area contributed by atoms with Gasteiger partial charge in [0, 0.05) is 25.0 Å². The highest BCUT2D eigenvalue weighted by molar-refractivity contribution is 5.97. The Kier molecular flexibility index (Phi) is 7.61. The lowest BCUT2D eigenvalue weighted by Crippen LogP contribution is -2.25. The molecule has 0 saturated heterocycles. The summed E-state index contributed by atoms with van der Waals surface area (Å²) < 4.78 is 10.5. The number of benzene rings is 1. The van der Waals surface area contributed by atoms with Gasteiger partial charge in [-0.15, -0.1) is 6.58 Å². The van der Waals surface area contributed by atoms with Gasteiger partial charge >= 0.3 is 0 Å². The lowest BCUT2D eigenvalue weighted by Gasteiger charge is -2.28. The standard InChI is InChI=1S/C21H27NO5/c1-4-5-15-11-16(20(27-13-23)12-18(15)24)8-6-14-7-9-19(26-3)17(10-14)21(25)22-2/h4,7,9-10,12,15-16,23H,1,5-6,8,11,13H2,2-3H3,(H,22,25). The van der Waals surface area contributed by atoms with Crippen molar-refractivity contribution in [2.45, 2.75) is 25.7 Å². The number of amides is 1. The molecule has 0 radical (unpaired) electrons. The van der Waals surface area contributed by atoms with Gasteiger partial charge in [0.25, 0.3) is 5.91 Å². The number of aliphatic hydroxyl groups excluding tert-OH is 1. The maximum Gasteiger partial charge on any atom is 0.254 e. The molecule has 1 amide bonds. The summed E-state index contributed by atoms with van der Waals surface area (Å²) in [5.41, 5.74) is 1.48. The van der Waals surface area contributed by atoms with E-state index in [1.165, 1.54) is 13.2 Å². The molecule has 0 aliphatic heterocycles. The molecule has 2 atom stereocenters. The van der Waals surface area contributed by atoms with Crippen molar-refractivity contribution in [1.82, 2.24) is 5.32 Å². The SMILES string of the molecule is C=CCC1CC(CCc2ccc(OC)c(C(=O)NC)c2)C(OCO)=CC1=O. The van der Waals surface area contributed by atoms with Crippen LogP contribution in [0.4, 0.5) is 0 Å². The third-order valence-electron chi connectivity index (χ3n) is 4.86. The Morgan fingerprint density at radius 2 is 2.19 bits per heavy atom. The number of nitrogens with one attached hydrogen (secondary N) is 1. The number of carbonyl (C=O) groups is 2. The number of aliphatic hydroxyl groups is 1. The number of carbonyl (C=O) groups excluding carboxylic acids is 2. The topological polar surface area (TPSA) is 84.9 Å². The summed E-state index contributed by atoms with van der Waals surface area (Å²) in [6, 6.07) is 5.53. The number of aryl methyl sites for hydroxylation is 1. The normalized spacial score (nSPS) is 19.2. The third kappa shape index (κ3) is 5.20. The van der Waals surface area contributed by atoms with E-state index in [0.717, 1.165) is 12.0 Å². The van der Waals surface area contributed by atoms with Gasteiger partial charge < -0.3 is 19.9 Å². The van der Waals surface area contributed by atoms with E-state index < -0.39 is 6.79 Å². The number of ketones is 1. The second-order valence-corrected chi connectivity index (χ2v) is 6.53. The van der Waals surface area contributed by atoms with E-state index in [1.807, 2.05) is 12.1 Å². The van der Waals surface area contributed by atoms with Crippen LogP contribution in [0.5, 0.6) is 5.75 Å². The van der Waals surface area contributed by atoms with Crippen molar-refractivity contribution in [3.8, 4) is 5.75 Å². The first-order valence-corrected chi connectivity index (χ1v) is 9.03. The van der Waals surface area contributed by atoms with Crippen molar-refractivity contribution in [3.05, 3.63) is 53.8 Å². The molecule has 6 heteroatoms. The van der Waals surface area contributed by atoms with Crippen LogP contribution in [0.15, 0.2) is 42.7 Å². The van der Waals surface area contributed by atoms with Crippen LogP contribution in [-0.4, -0.2) is 37.7 Å². The summed E-state index contributed by atoms with van der Waals surface area (Å²) in [5, 5.41) is 11.7. The molecule has 0 heterocycles. The summed E-state index contributed by atoms with van der Waals surface area (Å²) in [4.78, 5) is 24.2. The molecule has 1 aromatic rings. The van der Waals surface area contributed by atoms with Gasteiger partial charge in [-0.1, -0.05) is 12.1 Å². The van der Waals surface area contributed by atoms with Gasteiger partial charge in [-0.2, -0.15) is 0 Å². The Balaban J connectivity index is 2.15. The van der Waals surface area contributed by atoms with Crippen LogP contribution >= 0.6 is 0 Å². The average molecular weight is 373 g/mol. The maximum atomic E-state index is 12.2. The minimum Gasteiger partial charge on any atom is -0.496 e. The molecule has 1 aliphatic rings. The molecule has 1 aliphatic carbocycles. The Morgan fingerprint density at radius 3 is 2.81 bits per heavy atom. The molecule has 1 aromatic carbocycles. The van der Waals surface area contributed by atoms with E-state index in [9.17, 15) is 9.59 Å². The fourth-order valence-corrected chi connectivity index (χ4v) is 3.42. The number of hydrogen-bond donors (Lipinski definition) is 2. The predicted octanol–water partition coefficient (Wildman–Crippen LogP) is 2.62. The van der Waals surface area contributed by atoms with Crippen molar-refractivity contribution < 1.29 is 24.2 Å². The fraction of sp³-hybridized carbons (Fsp3) is 0.429. The minimum atomic E-state index is -0.453. The summed E-state index contributed by atoms with van der Waals surface area (Å²) in [5.74, 6) is 0.800. The van der Waals surface area contributed by atoms with Crippen LogP contribution in [0.2, 0.25) is 0 Å². The maximum absolute atomic E-state index is 12.2. The Labute approximate surface area is 159 Å². The van der Waals surface area contributed by atoms with E-state index >= 15 is 0 Å². The van der Waals surface area contributed by atoms with Gasteiger partial charge in [0.15, 0.2) is 12.6 Å². The quantitative estimate of drug-likeness (QED) is 0.513. The van der Waals surface area contributed by atoms with Crippen LogP contribution in [0.25, 0.3) is 0 Å². The number of ether oxygens (including phenoxy) is 2. The first kappa shape index (κ1) is 20.7. The van der Waals surface area contributed by atoms with Gasteiger partial charge in [-0.3, -0.25) is 9.59 Å². The summed E-state index contributed by atoms with van der Waals surface area (Å²) >= 11 is 0. The largest absolute Gasteiger partial charge is 0.496 e. The molecule has 0 saturated carbocycles. The molecule has 2 rings (SSSR count). The van der Waals surface area contributed by atoms with Crippen molar-refractivity contribution in [1.29, 1.82) is 0 Å². The molecule has 6 nitrogen and oxygen atoms in total. The smallest absolute Gasteiger partial charge is 0.254 e. The number of rotatable bonds is 9. The van der Waals surface area contributed by atoms with Gasteiger partial charge in [-0.25, -0.2) is 0 Å². The summed E-state index contributed by atoms with van der Waals surface area (Å²) in [6.07, 6.45) is 6.00. The molecule has 2 N–H and O–H groups in total. The molecule has 0 fully saturated rings. The van der Waals surface area contributed by atoms with Gasteiger partial charge in [0.05, 0.1) is 12.7 Å². The molecule has 27 heavy (non-hydrogen) atoms. The van der Waals surface area contributed by atoms with Crippen LogP contribution in [0.1, 0.15) is 35.2 Å². The first-order chi connectivity index (χ1) is 13.0. The summed E-state index contributed by atoms with van der Waals surface area (Å²) in [6.45, 7) is 3.27. The first-order valence-electron chi connectivity index (χ1n) is 9.03.